The Balaban J connectivity index is 0.000000453. The van der Waals surface area contributed by atoms with E-state index in [1.165, 1.54) is 47.9 Å². The van der Waals surface area contributed by atoms with Crippen molar-refractivity contribution in [3.05, 3.63) is 70.8 Å². The summed E-state index contributed by atoms with van der Waals surface area (Å²) in [7, 11) is 0. The van der Waals surface area contributed by atoms with Gasteiger partial charge in [0.1, 0.15) is 0 Å². The molecule has 2 aromatic rings. The first-order chi connectivity index (χ1) is 18.1. The van der Waals surface area contributed by atoms with Gasteiger partial charge in [0.15, 0.2) is 0 Å². The molecule has 0 aliphatic rings. The van der Waals surface area contributed by atoms with Crippen molar-refractivity contribution in [2.75, 3.05) is 0 Å². The first kappa shape index (κ1) is 36.5. The molecule has 0 spiro atoms. The highest BCUT2D eigenvalue weighted by atomic mass is 14.6. The average molecular weight is 549 g/mol. The maximum atomic E-state index is 2.51. The molecule has 2 atom stereocenters. The second-order valence-electron chi connectivity index (χ2n) is 16.8. The summed E-state index contributed by atoms with van der Waals surface area (Å²) in [6.07, 6.45) is 6.05. The van der Waals surface area contributed by atoms with Crippen molar-refractivity contribution in [2.45, 2.75) is 155 Å². The van der Waals surface area contributed by atoms with E-state index >= 15 is 0 Å². The Morgan fingerprint density at radius 3 is 1.40 bits per heavy atom. The minimum absolute atomic E-state index is 0.202. The number of hydrogen-bond donors (Lipinski definition) is 0. The molecular formula is C40H68. The quantitative estimate of drug-likeness (QED) is 0.277. The summed E-state index contributed by atoms with van der Waals surface area (Å²) >= 11 is 0. The number of benzene rings is 2. The lowest BCUT2D eigenvalue weighted by Gasteiger charge is -2.56. The van der Waals surface area contributed by atoms with Crippen LogP contribution in [0.25, 0.3) is 0 Å². The summed E-state index contributed by atoms with van der Waals surface area (Å²) in [6, 6.07) is 18.5. The minimum atomic E-state index is 0.202. The minimum Gasteiger partial charge on any atom is -0.0649 e. The molecule has 0 aromatic heterocycles. The van der Waals surface area contributed by atoms with Crippen LogP contribution < -0.4 is 0 Å². The van der Waals surface area contributed by atoms with Gasteiger partial charge in [-0.1, -0.05) is 164 Å². The Labute approximate surface area is 252 Å². The lowest BCUT2D eigenvalue weighted by molar-refractivity contribution is -0.0469. The second-order valence-corrected chi connectivity index (χ2v) is 16.8. The van der Waals surface area contributed by atoms with E-state index in [4.69, 9.17) is 0 Å². The molecule has 2 rings (SSSR count). The number of aryl methyl sites for hydroxylation is 2. The molecule has 228 valence electrons. The fraction of sp³-hybridized carbons (Fsp3) is 0.700. The molecule has 0 bridgehead atoms. The van der Waals surface area contributed by atoms with Crippen molar-refractivity contribution in [3.8, 4) is 0 Å². The highest BCUT2D eigenvalue weighted by Gasteiger charge is 2.51. The predicted octanol–water partition coefficient (Wildman–Crippen LogP) is 13.2. The zero-order valence-electron chi connectivity index (χ0n) is 29.8. The third kappa shape index (κ3) is 10.1. The van der Waals surface area contributed by atoms with E-state index < -0.39 is 0 Å². The van der Waals surface area contributed by atoms with Crippen LogP contribution in [-0.2, 0) is 6.42 Å². The van der Waals surface area contributed by atoms with Crippen molar-refractivity contribution in [1.29, 1.82) is 0 Å². The van der Waals surface area contributed by atoms with E-state index in [9.17, 15) is 0 Å². The predicted molar refractivity (Wildman–Crippen MR) is 183 cm³/mol. The molecular weight excluding hydrogens is 480 g/mol. The Hall–Kier alpha value is -1.56. The summed E-state index contributed by atoms with van der Waals surface area (Å²) in [5, 5.41) is 0. The fourth-order valence-corrected chi connectivity index (χ4v) is 6.21. The lowest BCUT2D eigenvalue weighted by atomic mass is 9.48. The van der Waals surface area contributed by atoms with Crippen molar-refractivity contribution < 1.29 is 0 Å². The van der Waals surface area contributed by atoms with E-state index in [-0.39, 0.29) is 10.8 Å². The van der Waals surface area contributed by atoms with Gasteiger partial charge in [-0.05, 0) is 88.2 Å². The van der Waals surface area contributed by atoms with Crippen LogP contribution >= 0.6 is 0 Å². The largest absolute Gasteiger partial charge is 0.0649 e. The second kappa shape index (κ2) is 14.1. The number of hydrogen-bond acceptors (Lipinski definition) is 0. The van der Waals surface area contributed by atoms with Gasteiger partial charge in [0.05, 0.1) is 0 Å². The standard InChI is InChI=1S/C25H44.C15H24/c1-12-19-14-16-20(17-15-19)21(18-22(3,4)5)24(8,9)25(10,11)23(6,7)13-2;1-6-13(11-15(3,4)5)14-9-7-12(2)8-10-14/h14-17,21H,12-13,18H2,1-11H3;7-10,13H,6,11H2,1-5H3. The van der Waals surface area contributed by atoms with E-state index in [0.29, 0.717) is 28.1 Å². The maximum Gasteiger partial charge on any atom is -0.0100 e. The molecule has 0 N–H and O–H groups in total. The van der Waals surface area contributed by atoms with Gasteiger partial charge in [0.25, 0.3) is 0 Å². The van der Waals surface area contributed by atoms with Crippen LogP contribution in [0, 0.1) is 34.0 Å². The Bertz CT molecular complexity index is 984. The molecule has 0 heterocycles. The van der Waals surface area contributed by atoms with Crippen LogP contribution in [0.3, 0.4) is 0 Å². The van der Waals surface area contributed by atoms with E-state index in [2.05, 4.69) is 159 Å². The van der Waals surface area contributed by atoms with Crippen molar-refractivity contribution in [3.63, 3.8) is 0 Å². The topological polar surface area (TPSA) is 0 Å². The molecule has 40 heavy (non-hydrogen) atoms. The zero-order chi connectivity index (χ0) is 31.2. The van der Waals surface area contributed by atoms with Crippen LogP contribution in [-0.4, -0.2) is 0 Å². The smallest absolute Gasteiger partial charge is 0.0100 e. The van der Waals surface area contributed by atoms with Crippen LogP contribution in [0.2, 0.25) is 0 Å². The monoisotopic (exact) mass is 549 g/mol. The number of rotatable bonds is 10. The Kier molecular flexibility index (Phi) is 12.8. The molecule has 0 fully saturated rings. The SMILES string of the molecule is CCC(CC(C)(C)C)c1ccc(C)cc1.CCc1ccc(C(CC(C)(C)C)C(C)(C)C(C)(C)C(C)(C)CC)cc1. The zero-order valence-corrected chi connectivity index (χ0v) is 29.8. The first-order valence-corrected chi connectivity index (χ1v) is 16.3. The normalized spacial score (nSPS) is 14.8. The van der Waals surface area contributed by atoms with Crippen LogP contribution in [0.5, 0.6) is 0 Å². The molecule has 2 aromatic carbocycles. The molecule has 0 amide bonds. The molecule has 0 nitrogen and oxygen atoms in total. The summed E-state index contributed by atoms with van der Waals surface area (Å²) < 4.78 is 0. The van der Waals surface area contributed by atoms with Gasteiger partial charge < -0.3 is 0 Å². The van der Waals surface area contributed by atoms with Gasteiger partial charge in [-0.15, -0.1) is 0 Å². The van der Waals surface area contributed by atoms with Gasteiger partial charge in [0, 0.05) is 0 Å². The van der Waals surface area contributed by atoms with Gasteiger partial charge in [-0.2, -0.15) is 0 Å². The first-order valence-electron chi connectivity index (χ1n) is 16.3. The molecule has 0 aliphatic carbocycles. The van der Waals surface area contributed by atoms with Gasteiger partial charge in [-0.3, -0.25) is 0 Å². The summed E-state index contributed by atoms with van der Waals surface area (Å²) in [5.41, 5.74) is 7.27. The molecule has 0 saturated heterocycles. The Morgan fingerprint density at radius 2 is 1.02 bits per heavy atom. The van der Waals surface area contributed by atoms with Gasteiger partial charge in [0.2, 0.25) is 0 Å². The van der Waals surface area contributed by atoms with Gasteiger partial charge in [-0.25, -0.2) is 0 Å². The molecule has 2 unspecified atom stereocenters. The highest BCUT2D eigenvalue weighted by Crippen LogP contribution is 2.60. The Morgan fingerprint density at radius 1 is 0.575 bits per heavy atom. The van der Waals surface area contributed by atoms with Gasteiger partial charge >= 0.3 is 0 Å². The molecule has 0 aliphatic heterocycles. The maximum absolute atomic E-state index is 2.51. The highest BCUT2D eigenvalue weighted by molar-refractivity contribution is 5.28. The third-order valence-corrected chi connectivity index (χ3v) is 10.6. The molecule has 0 radical (unpaired) electrons. The van der Waals surface area contributed by atoms with Crippen molar-refractivity contribution in [2.24, 2.45) is 27.1 Å². The van der Waals surface area contributed by atoms with E-state index in [1.807, 2.05) is 0 Å². The summed E-state index contributed by atoms with van der Waals surface area (Å²) in [6.45, 7) is 38.0. The summed E-state index contributed by atoms with van der Waals surface area (Å²) in [4.78, 5) is 0. The molecule has 0 saturated carbocycles. The van der Waals surface area contributed by atoms with E-state index in [0.717, 1.165) is 6.42 Å². The van der Waals surface area contributed by atoms with E-state index in [1.54, 1.807) is 0 Å². The van der Waals surface area contributed by atoms with Crippen LogP contribution in [0.1, 0.15) is 164 Å². The summed E-state index contributed by atoms with van der Waals surface area (Å²) in [5.74, 6) is 1.27. The van der Waals surface area contributed by atoms with Crippen LogP contribution in [0.4, 0.5) is 0 Å². The van der Waals surface area contributed by atoms with Crippen molar-refractivity contribution >= 4 is 0 Å². The van der Waals surface area contributed by atoms with Crippen LogP contribution in [0.15, 0.2) is 48.5 Å². The third-order valence-electron chi connectivity index (χ3n) is 10.6. The fourth-order valence-electron chi connectivity index (χ4n) is 6.21. The lowest BCUT2D eigenvalue weighted by Crippen LogP contribution is -2.48. The molecule has 0 heteroatoms. The van der Waals surface area contributed by atoms with Crippen molar-refractivity contribution in [1.82, 2.24) is 0 Å². The average Bonchev–Trinajstić information content (AvgIpc) is 2.85.